The number of anilines is 1. The number of halogens is 1. The number of nitrogens with zero attached hydrogens (tertiary/aromatic N) is 2. The largest absolute Gasteiger partial charge is 0.479 e. The highest BCUT2D eigenvalue weighted by Gasteiger charge is 2.07. The highest BCUT2D eigenvalue weighted by Crippen LogP contribution is 2.25. The molecule has 0 radical (unpaired) electrons. The van der Waals surface area contributed by atoms with E-state index in [0.29, 0.717) is 5.75 Å². The summed E-state index contributed by atoms with van der Waals surface area (Å²) in [6, 6.07) is 13.6. The fraction of sp³-hybridized carbons (Fsp3) is 0.200. The van der Waals surface area contributed by atoms with Crippen molar-refractivity contribution < 1.29 is 4.74 Å². The predicted molar refractivity (Wildman–Crippen MR) is 81.5 cm³/mol. The molecule has 1 atom stereocenters. The van der Waals surface area contributed by atoms with Crippen LogP contribution in [0.2, 0.25) is 0 Å². The van der Waals surface area contributed by atoms with Gasteiger partial charge in [-0.3, -0.25) is 0 Å². The van der Waals surface area contributed by atoms with Crippen LogP contribution in [0.5, 0.6) is 5.75 Å². The third-order valence-corrected chi connectivity index (χ3v) is 3.45. The number of hydrogen-bond donors (Lipinski definition) is 1. The first-order valence-electron chi connectivity index (χ1n) is 6.17. The molecule has 1 aromatic heterocycles. The van der Waals surface area contributed by atoms with E-state index in [1.54, 1.807) is 6.20 Å². The molecule has 4 nitrogen and oxygen atoms in total. The Labute approximate surface area is 126 Å². The van der Waals surface area contributed by atoms with Gasteiger partial charge in [0.05, 0.1) is 5.69 Å². The van der Waals surface area contributed by atoms with E-state index in [2.05, 4.69) is 33.2 Å². The summed E-state index contributed by atoms with van der Waals surface area (Å²) in [5, 5.41) is 11.9. The Morgan fingerprint density at radius 2 is 2.10 bits per heavy atom. The standard InChI is InChI=1S/C15H14BrN3O/c1-11(19-14-3-2-9-18-15(14)16)12-4-6-13(7-5-12)20-10-8-17/h2-7,9,11,19H,10H2,1H3. The molecule has 1 aromatic carbocycles. The lowest BCUT2D eigenvalue weighted by Gasteiger charge is -2.16. The summed E-state index contributed by atoms with van der Waals surface area (Å²) >= 11 is 3.41. The summed E-state index contributed by atoms with van der Waals surface area (Å²) in [5.41, 5.74) is 2.08. The minimum Gasteiger partial charge on any atom is -0.479 e. The number of rotatable bonds is 5. The molecule has 1 N–H and O–H groups in total. The molecule has 5 heteroatoms. The zero-order valence-corrected chi connectivity index (χ0v) is 12.6. The van der Waals surface area contributed by atoms with Crippen molar-refractivity contribution in [3.8, 4) is 11.8 Å². The number of hydrogen-bond acceptors (Lipinski definition) is 4. The van der Waals surface area contributed by atoms with E-state index in [9.17, 15) is 0 Å². The molecule has 2 aromatic rings. The van der Waals surface area contributed by atoms with Crippen LogP contribution in [0.15, 0.2) is 47.2 Å². The molecular weight excluding hydrogens is 318 g/mol. The second kappa shape index (κ2) is 6.92. The molecule has 0 aliphatic heterocycles. The van der Waals surface area contributed by atoms with E-state index >= 15 is 0 Å². The Balaban J connectivity index is 2.04. The first-order valence-corrected chi connectivity index (χ1v) is 6.97. The summed E-state index contributed by atoms with van der Waals surface area (Å²) in [5.74, 6) is 0.699. The summed E-state index contributed by atoms with van der Waals surface area (Å²) in [6.07, 6.45) is 1.74. The van der Waals surface area contributed by atoms with Crippen molar-refractivity contribution >= 4 is 21.6 Å². The van der Waals surface area contributed by atoms with E-state index < -0.39 is 0 Å². The molecule has 0 saturated heterocycles. The maximum atomic E-state index is 8.47. The van der Waals surface area contributed by atoms with Gasteiger partial charge >= 0.3 is 0 Å². The van der Waals surface area contributed by atoms with Crippen LogP contribution in [0, 0.1) is 11.3 Å². The number of benzene rings is 1. The van der Waals surface area contributed by atoms with E-state index in [4.69, 9.17) is 10.00 Å². The van der Waals surface area contributed by atoms with Gasteiger partial charge in [-0.1, -0.05) is 12.1 Å². The summed E-state index contributed by atoms with van der Waals surface area (Å²) < 4.78 is 6.02. The third kappa shape index (κ3) is 3.72. The maximum absolute atomic E-state index is 8.47. The van der Waals surface area contributed by atoms with Crippen molar-refractivity contribution in [3.05, 3.63) is 52.8 Å². The Kier molecular flexibility index (Phi) is 4.97. The van der Waals surface area contributed by atoms with Gasteiger partial charge in [0, 0.05) is 12.2 Å². The van der Waals surface area contributed by atoms with Crippen molar-refractivity contribution in [2.45, 2.75) is 13.0 Å². The average Bonchev–Trinajstić information content (AvgIpc) is 2.48. The normalized spacial score (nSPS) is 11.4. The lowest BCUT2D eigenvalue weighted by Crippen LogP contribution is -2.07. The van der Waals surface area contributed by atoms with Crippen molar-refractivity contribution in [2.75, 3.05) is 11.9 Å². The van der Waals surface area contributed by atoms with E-state index in [1.165, 1.54) is 0 Å². The molecule has 2 rings (SSSR count). The Bertz CT molecular complexity index is 607. The van der Waals surface area contributed by atoms with Gasteiger partial charge in [0.25, 0.3) is 0 Å². The van der Waals surface area contributed by atoms with Crippen molar-refractivity contribution in [1.29, 1.82) is 5.26 Å². The monoisotopic (exact) mass is 331 g/mol. The second-order valence-corrected chi connectivity index (χ2v) is 4.97. The van der Waals surface area contributed by atoms with E-state index in [0.717, 1.165) is 15.9 Å². The highest BCUT2D eigenvalue weighted by atomic mass is 79.9. The minimum atomic E-state index is 0.0653. The lowest BCUT2D eigenvalue weighted by molar-refractivity contribution is 0.368. The number of nitrogens with one attached hydrogen (secondary N) is 1. The van der Waals surface area contributed by atoms with Crippen LogP contribution in [0.3, 0.4) is 0 Å². The van der Waals surface area contributed by atoms with Crippen LogP contribution in [0.1, 0.15) is 18.5 Å². The lowest BCUT2D eigenvalue weighted by atomic mass is 10.1. The topological polar surface area (TPSA) is 57.9 Å². The Morgan fingerprint density at radius 3 is 2.75 bits per heavy atom. The zero-order valence-electron chi connectivity index (χ0n) is 11.0. The van der Waals surface area contributed by atoms with E-state index in [1.807, 2.05) is 42.5 Å². The summed E-state index contributed by atoms with van der Waals surface area (Å²) in [4.78, 5) is 4.18. The number of aromatic nitrogens is 1. The fourth-order valence-corrected chi connectivity index (χ4v) is 2.14. The van der Waals surface area contributed by atoms with Crippen LogP contribution in [0.25, 0.3) is 0 Å². The molecule has 102 valence electrons. The van der Waals surface area contributed by atoms with Crippen LogP contribution in [-0.2, 0) is 0 Å². The van der Waals surface area contributed by atoms with Gasteiger partial charge in [-0.25, -0.2) is 4.98 Å². The van der Waals surface area contributed by atoms with Crippen LogP contribution < -0.4 is 10.1 Å². The third-order valence-electron chi connectivity index (χ3n) is 2.81. The molecule has 1 unspecified atom stereocenters. The SMILES string of the molecule is CC(Nc1cccnc1Br)c1ccc(OCC#N)cc1. The van der Waals surface area contributed by atoms with Crippen LogP contribution in [0.4, 0.5) is 5.69 Å². The van der Waals surface area contributed by atoms with Gasteiger partial charge in [-0.15, -0.1) is 0 Å². The van der Waals surface area contributed by atoms with Crippen LogP contribution in [-0.4, -0.2) is 11.6 Å². The molecule has 0 spiro atoms. The Morgan fingerprint density at radius 1 is 1.35 bits per heavy atom. The molecule has 0 aliphatic carbocycles. The van der Waals surface area contributed by atoms with Crippen molar-refractivity contribution in [3.63, 3.8) is 0 Å². The van der Waals surface area contributed by atoms with Gasteiger partial charge < -0.3 is 10.1 Å². The number of nitriles is 1. The molecule has 0 aliphatic rings. The second-order valence-electron chi connectivity index (χ2n) is 4.22. The number of pyridine rings is 1. The zero-order chi connectivity index (χ0) is 14.4. The quantitative estimate of drug-likeness (QED) is 0.843. The Hall–Kier alpha value is -2.06. The maximum Gasteiger partial charge on any atom is 0.174 e. The van der Waals surface area contributed by atoms with Gasteiger partial charge in [0.1, 0.15) is 16.4 Å². The van der Waals surface area contributed by atoms with E-state index in [-0.39, 0.29) is 12.6 Å². The smallest absolute Gasteiger partial charge is 0.174 e. The molecule has 0 bridgehead atoms. The minimum absolute atomic E-state index is 0.0653. The molecule has 1 heterocycles. The molecule has 0 fully saturated rings. The van der Waals surface area contributed by atoms with Gasteiger partial charge in [0.2, 0.25) is 0 Å². The van der Waals surface area contributed by atoms with Gasteiger partial charge in [-0.05, 0) is 52.7 Å². The fourth-order valence-electron chi connectivity index (χ4n) is 1.78. The van der Waals surface area contributed by atoms with Crippen molar-refractivity contribution in [2.24, 2.45) is 0 Å². The predicted octanol–water partition coefficient (Wildman–Crippen LogP) is 3.92. The summed E-state index contributed by atoms with van der Waals surface area (Å²) in [6.45, 7) is 2.14. The molecule has 0 amide bonds. The van der Waals surface area contributed by atoms with Crippen molar-refractivity contribution in [1.82, 2.24) is 4.98 Å². The number of ether oxygens (including phenoxy) is 1. The van der Waals surface area contributed by atoms with Crippen LogP contribution >= 0.6 is 15.9 Å². The van der Waals surface area contributed by atoms with Gasteiger partial charge in [0.15, 0.2) is 6.61 Å². The first kappa shape index (κ1) is 14.4. The highest BCUT2D eigenvalue weighted by molar-refractivity contribution is 9.10. The molecular formula is C15H14BrN3O. The van der Waals surface area contributed by atoms with Gasteiger partial charge in [-0.2, -0.15) is 5.26 Å². The molecule has 0 saturated carbocycles. The summed E-state index contributed by atoms with van der Waals surface area (Å²) in [7, 11) is 0. The first-order chi connectivity index (χ1) is 9.70. The molecule has 20 heavy (non-hydrogen) atoms. The average molecular weight is 332 g/mol.